The summed E-state index contributed by atoms with van der Waals surface area (Å²) in [7, 11) is 0. The zero-order valence-corrected chi connectivity index (χ0v) is 12.4. The summed E-state index contributed by atoms with van der Waals surface area (Å²) in [5.41, 5.74) is 2.03. The summed E-state index contributed by atoms with van der Waals surface area (Å²) in [6.45, 7) is 3.85. The van der Waals surface area contributed by atoms with Gasteiger partial charge in [0.25, 0.3) is 0 Å². The normalized spacial score (nSPS) is 11.9. The van der Waals surface area contributed by atoms with Gasteiger partial charge >= 0.3 is 0 Å². The van der Waals surface area contributed by atoms with Crippen LogP contribution in [0, 0.1) is 6.92 Å². The first kappa shape index (κ1) is 13.7. The molecule has 2 rings (SSSR count). The molecule has 0 saturated carbocycles. The molecule has 98 valence electrons. The fourth-order valence-electron chi connectivity index (χ4n) is 1.74. The molecule has 1 heterocycles. The molecule has 1 unspecified atom stereocenters. The Labute approximate surface area is 121 Å². The molecule has 1 amide bonds. The number of hydrogen-bond acceptors (Lipinski definition) is 2. The van der Waals surface area contributed by atoms with Crippen LogP contribution < -0.4 is 5.32 Å². The molecule has 0 saturated heterocycles. The van der Waals surface area contributed by atoms with Crippen LogP contribution in [0.15, 0.2) is 47.1 Å². The predicted octanol–water partition coefficient (Wildman–Crippen LogP) is 3.89. The smallest absolute Gasteiger partial charge is 0.232 e. The van der Waals surface area contributed by atoms with Crippen molar-refractivity contribution in [2.75, 3.05) is 5.32 Å². The Balaban J connectivity index is 2.10. The van der Waals surface area contributed by atoms with E-state index in [0.717, 1.165) is 15.6 Å². The fraction of sp³-hybridized carbons (Fsp3) is 0.200. The quantitative estimate of drug-likeness (QED) is 0.932. The highest BCUT2D eigenvalue weighted by atomic mass is 79.9. The predicted molar refractivity (Wildman–Crippen MR) is 80.2 cm³/mol. The second kappa shape index (κ2) is 5.97. The van der Waals surface area contributed by atoms with Crippen LogP contribution >= 0.6 is 15.9 Å². The third-order valence-corrected chi connectivity index (χ3v) is 3.82. The minimum atomic E-state index is -0.202. The maximum atomic E-state index is 12.1. The first-order chi connectivity index (χ1) is 9.08. The van der Waals surface area contributed by atoms with Crippen molar-refractivity contribution in [3.63, 3.8) is 0 Å². The van der Waals surface area contributed by atoms with Gasteiger partial charge in [-0.15, -0.1) is 0 Å². The maximum Gasteiger partial charge on any atom is 0.232 e. The largest absolute Gasteiger partial charge is 0.310 e. The molecule has 1 atom stereocenters. The van der Waals surface area contributed by atoms with Gasteiger partial charge in [-0.1, -0.05) is 30.3 Å². The molecule has 0 radical (unpaired) electrons. The standard InChI is InChI=1S/C15H15BrN2O/c1-10-8-14(17-9-13(10)16)18-15(19)11(2)12-6-4-3-5-7-12/h3-9,11H,1-2H3,(H,17,18,19). The van der Waals surface area contributed by atoms with Crippen molar-refractivity contribution in [3.8, 4) is 0 Å². The first-order valence-corrected chi connectivity index (χ1v) is 6.85. The van der Waals surface area contributed by atoms with Crippen molar-refractivity contribution in [2.45, 2.75) is 19.8 Å². The van der Waals surface area contributed by atoms with Crippen LogP contribution in [0.1, 0.15) is 24.0 Å². The first-order valence-electron chi connectivity index (χ1n) is 6.06. The Morgan fingerprint density at radius 1 is 1.32 bits per heavy atom. The third kappa shape index (κ3) is 3.41. The molecule has 2 aromatic rings. The average molecular weight is 319 g/mol. The molecule has 0 aliphatic carbocycles. The van der Waals surface area contributed by atoms with Crippen LogP contribution in [-0.4, -0.2) is 10.9 Å². The van der Waals surface area contributed by atoms with Gasteiger partial charge in [0.2, 0.25) is 5.91 Å². The molecular weight excluding hydrogens is 304 g/mol. The highest BCUT2D eigenvalue weighted by Crippen LogP contribution is 2.20. The number of nitrogens with zero attached hydrogens (tertiary/aromatic N) is 1. The molecular formula is C15H15BrN2O. The SMILES string of the molecule is Cc1cc(NC(=O)C(C)c2ccccc2)ncc1Br. The number of hydrogen-bond donors (Lipinski definition) is 1. The van der Waals surface area contributed by atoms with Gasteiger partial charge in [-0.05, 0) is 47.0 Å². The minimum absolute atomic E-state index is 0.0552. The van der Waals surface area contributed by atoms with Gasteiger partial charge in [-0.25, -0.2) is 4.98 Å². The molecule has 4 heteroatoms. The van der Waals surface area contributed by atoms with Crippen LogP contribution in [0.4, 0.5) is 5.82 Å². The molecule has 1 aromatic carbocycles. The summed E-state index contributed by atoms with van der Waals surface area (Å²) in [5, 5.41) is 2.84. The monoisotopic (exact) mass is 318 g/mol. The Hall–Kier alpha value is -1.68. The fourth-order valence-corrected chi connectivity index (χ4v) is 1.95. The minimum Gasteiger partial charge on any atom is -0.310 e. The lowest BCUT2D eigenvalue weighted by Gasteiger charge is -2.12. The van der Waals surface area contributed by atoms with Crippen molar-refractivity contribution in [3.05, 3.63) is 58.2 Å². The van der Waals surface area contributed by atoms with Crippen molar-refractivity contribution in [1.29, 1.82) is 0 Å². The second-order valence-electron chi connectivity index (χ2n) is 4.44. The maximum absolute atomic E-state index is 12.1. The van der Waals surface area contributed by atoms with Crippen LogP contribution in [0.5, 0.6) is 0 Å². The number of nitrogens with one attached hydrogen (secondary N) is 1. The summed E-state index contributed by atoms with van der Waals surface area (Å²) in [5.74, 6) is 0.320. The van der Waals surface area contributed by atoms with Gasteiger partial charge in [0.05, 0.1) is 5.92 Å². The van der Waals surface area contributed by atoms with Crippen molar-refractivity contribution in [1.82, 2.24) is 4.98 Å². The third-order valence-electron chi connectivity index (χ3n) is 2.99. The van der Waals surface area contributed by atoms with Crippen molar-refractivity contribution < 1.29 is 4.79 Å². The number of carbonyl (C=O) groups excluding carboxylic acids is 1. The number of rotatable bonds is 3. The Kier molecular flexibility index (Phi) is 4.32. The second-order valence-corrected chi connectivity index (χ2v) is 5.29. The molecule has 0 aliphatic heterocycles. The summed E-state index contributed by atoms with van der Waals surface area (Å²) in [4.78, 5) is 16.3. The van der Waals surface area contributed by atoms with Crippen molar-refractivity contribution >= 4 is 27.7 Å². The van der Waals surface area contributed by atoms with Crippen LogP contribution in [0.3, 0.4) is 0 Å². The molecule has 0 aliphatic rings. The number of amides is 1. The molecule has 0 spiro atoms. The van der Waals surface area contributed by atoms with E-state index in [4.69, 9.17) is 0 Å². The number of halogens is 1. The number of anilines is 1. The van der Waals surface area contributed by atoms with Crippen LogP contribution in [0.25, 0.3) is 0 Å². The lowest BCUT2D eigenvalue weighted by atomic mass is 10.0. The van der Waals surface area contributed by atoms with Gasteiger partial charge in [0.1, 0.15) is 5.82 Å². The number of aromatic nitrogens is 1. The highest BCUT2D eigenvalue weighted by molar-refractivity contribution is 9.10. The lowest BCUT2D eigenvalue weighted by molar-refractivity contribution is -0.117. The van der Waals surface area contributed by atoms with E-state index in [0.29, 0.717) is 5.82 Å². The summed E-state index contributed by atoms with van der Waals surface area (Å²) >= 11 is 3.39. The Morgan fingerprint density at radius 2 is 2.00 bits per heavy atom. The van der Waals surface area contributed by atoms with Gasteiger partial charge in [-0.3, -0.25) is 4.79 Å². The van der Waals surface area contributed by atoms with E-state index in [1.165, 1.54) is 0 Å². The summed E-state index contributed by atoms with van der Waals surface area (Å²) in [6.07, 6.45) is 1.69. The van der Waals surface area contributed by atoms with Crippen molar-refractivity contribution in [2.24, 2.45) is 0 Å². The van der Waals surface area contributed by atoms with Crippen LogP contribution in [0.2, 0.25) is 0 Å². The van der Waals surface area contributed by atoms with E-state index < -0.39 is 0 Å². The van der Waals surface area contributed by atoms with E-state index in [1.54, 1.807) is 6.20 Å². The van der Waals surface area contributed by atoms with Gasteiger partial charge in [0, 0.05) is 10.7 Å². The molecule has 3 nitrogen and oxygen atoms in total. The van der Waals surface area contributed by atoms with E-state index in [2.05, 4.69) is 26.2 Å². The summed E-state index contributed by atoms with van der Waals surface area (Å²) in [6, 6.07) is 11.5. The Bertz CT molecular complexity index is 584. The average Bonchev–Trinajstić information content (AvgIpc) is 2.43. The van der Waals surface area contributed by atoms with E-state index in [1.807, 2.05) is 50.2 Å². The van der Waals surface area contributed by atoms with Gasteiger partial charge in [-0.2, -0.15) is 0 Å². The van der Waals surface area contributed by atoms with E-state index >= 15 is 0 Å². The Morgan fingerprint density at radius 3 is 2.63 bits per heavy atom. The van der Waals surface area contributed by atoms with Gasteiger partial charge in [0.15, 0.2) is 0 Å². The number of aryl methyl sites for hydroxylation is 1. The molecule has 0 fully saturated rings. The number of benzene rings is 1. The molecule has 0 bridgehead atoms. The zero-order valence-electron chi connectivity index (χ0n) is 10.9. The molecule has 1 aromatic heterocycles. The van der Waals surface area contributed by atoms with Crippen LogP contribution in [-0.2, 0) is 4.79 Å². The van der Waals surface area contributed by atoms with E-state index in [9.17, 15) is 4.79 Å². The number of pyridine rings is 1. The summed E-state index contributed by atoms with van der Waals surface area (Å²) < 4.78 is 0.932. The topological polar surface area (TPSA) is 42.0 Å². The zero-order chi connectivity index (χ0) is 13.8. The highest BCUT2D eigenvalue weighted by Gasteiger charge is 2.15. The van der Waals surface area contributed by atoms with E-state index in [-0.39, 0.29) is 11.8 Å². The molecule has 1 N–H and O–H groups in total. The lowest BCUT2D eigenvalue weighted by Crippen LogP contribution is -2.19. The van der Waals surface area contributed by atoms with Gasteiger partial charge < -0.3 is 5.32 Å². The number of carbonyl (C=O) groups is 1. The molecule has 19 heavy (non-hydrogen) atoms.